The summed E-state index contributed by atoms with van der Waals surface area (Å²) >= 11 is 0. The van der Waals surface area contributed by atoms with Crippen LogP contribution < -0.4 is 5.73 Å². The molecule has 1 saturated heterocycles. The van der Waals surface area contributed by atoms with Crippen molar-refractivity contribution >= 4 is 28.4 Å². The zero-order chi connectivity index (χ0) is 16.3. The van der Waals surface area contributed by atoms with Crippen molar-refractivity contribution in [1.29, 1.82) is 0 Å². The van der Waals surface area contributed by atoms with Gasteiger partial charge in [-0.15, -0.1) is 12.4 Å². The first-order chi connectivity index (χ1) is 10.5. The molecular weight excluding hydrogens is 344 g/mol. The SMILES string of the molecule is CCc1oc(C(=O)OC)cc1S(=O)(=O)N1CCCCC1CN.Cl. The average Bonchev–Trinajstić information content (AvgIpc) is 2.99. The van der Waals surface area contributed by atoms with E-state index in [1.807, 2.05) is 0 Å². The first kappa shape index (κ1) is 20.0. The van der Waals surface area contributed by atoms with E-state index in [9.17, 15) is 13.2 Å². The van der Waals surface area contributed by atoms with Crippen LogP contribution in [0, 0.1) is 0 Å². The van der Waals surface area contributed by atoms with Crippen LogP contribution in [0.1, 0.15) is 42.5 Å². The van der Waals surface area contributed by atoms with Crippen molar-refractivity contribution < 1.29 is 22.4 Å². The highest BCUT2D eigenvalue weighted by molar-refractivity contribution is 7.89. The van der Waals surface area contributed by atoms with Crippen LogP contribution in [0.4, 0.5) is 0 Å². The number of rotatable bonds is 5. The summed E-state index contributed by atoms with van der Waals surface area (Å²) in [6.45, 7) is 2.49. The summed E-state index contributed by atoms with van der Waals surface area (Å²) in [7, 11) is -2.51. The van der Waals surface area contributed by atoms with Crippen LogP contribution in [-0.2, 0) is 21.2 Å². The van der Waals surface area contributed by atoms with Crippen LogP contribution >= 0.6 is 12.4 Å². The molecule has 132 valence electrons. The molecule has 2 rings (SSSR count). The summed E-state index contributed by atoms with van der Waals surface area (Å²) in [5, 5.41) is 0. The number of ether oxygens (including phenoxy) is 1. The molecule has 1 aliphatic heterocycles. The van der Waals surface area contributed by atoms with Gasteiger partial charge in [-0.25, -0.2) is 13.2 Å². The molecule has 1 atom stereocenters. The maximum atomic E-state index is 12.9. The van der Waals surface area contributed by atoms with Crippen molar-refractivity contribution in [2.24, 2.45) is 5.73 Å². The Balaban J connectivity index is 0.00000264. The molecule has 1 fully saturated rings. The highest BCUT2D eigenvalue weighted by atomic mass is 35.5. The summed E-state index contributed by atoms with van der Waals surface area (Å²) in [6, 6.07) is 1.04. The number of piperidine rings is 1. The van der Waals surface area contributed by atoms with Crippen molar-refractivity contribution in [3.05, 3.63) is 17.6 Å². The number of halogens is 1. The lowest BCUT2D eigenvalue weighted by Crippen LogP contribution is -2.47. The minimum Gasteiger partial charge on any atom is -0.463 e. The van der Waals surface area contributed by atoms with E-state index in [1.165, 1.54) is 17.5 Å². The van der Waals surface area contributed by atoms with Crippen LogP contribution in [0.5, 0.6) is 0 Å². The van der Waals surface area contributed by atoms with Crippen LogP contribution in [0.3, 0.4) is 0 Å². The summed E-state index contributed by atoms with van der Waals surface area (Å²) in [4.78, 5) is 11.6. The highest BCUT2D eigenvalue weighted by Gasteiger charge is 2.36. The molecule has 0 aromatic carbocycles. The van der Waals surface area contributed by atoms with E-state index in [2.05, 4.69) is 4.74 Å². The third-order valence-electron chi connectivity index (χ3n) is 3.91. The molecule has 0 bridgehead atoms. The van der Waals surface area contributed by atoms with Gasteiger partial charge in [0.2, 0.25) is 15.8 Å². The second kappa shape index (κ2) is 8.14. The molecule has 0 radical (unpaired) electrons. The molecule has 1 unspecified atom stereocenters. The summed E-state index contributed by atoms with van der Waals surface area (Å²) in [5.74, 6) is -0.522. The Morgan fingerprint density at radius 2 is 2.17 bits per heavy atom. The molecule has 1 aliphatic rings. The Morgan fingerprint density at radius 3 is 2.74 bits per heavy atom. The lowest BCUT2D eigenvalue weighted by atomic mass is 10.1. The molecule has 1 aromatic heterocycles. The molecule has 7 nitrogen and oxygen atoms in total. The number of hydrogen-bond acceptors (Lipinski definition) is 6. The van der Waals surface area contributed by atoms with Gasteiger partial charge in [0.05, 0.1) is 7.11 Å². The molecule has 0 saturated carbocycles. The van der Waals surface area contributed by atoms with Gasteiger partial charge >= 0.3 is 5.97 Å². The molecule has 0 amide bonds. The summed E-state index contributed by atoms with van der Waals surface area (Å²) in [5.41, 5.74) is 5.71. The van der Waals surface area contributed by atoms with E-state index in [4.69, 9.17) is 10.2 Å². The van der Waals surface area contributed by atoms with Crippen molar-refractivity contribution in [1.82, 2.24) is 4.31 Å². The normalized spacial score (nSPS) is 19.2. The number of nitrogens with zero attached hydrogens (tertiary/aromatic N) is 1. The fourth-order valence-corrected chi connectivity index (χ4v) is 4.67. The number of methoxy groups -OCH3 is 1. The first-order valence-corrected chi connectivity index (χ1v) is 8.82. The third-order valence-corrected chi connectivity index (χ3v) is 5.91. The zero-order valence-corrected chi connectivity index (χ0v) is 14.9. The molecule has 23 heavy (non-hydrogen) atoms. The molecule has 1 aromatic rings. The van der Waals surface area contributed by atoms with Gasteiger partial charge in [-0.1, -0.05) is 13.3 Å². The van der Waals surface area contributed by atoms with Gasteiger partial charge in [0.15, 0.2) is 0 Å². The monoisotopic (exact) mass is 366 g/mol. The molecule has 2 heterocycles. The van der Waals surface area contributed by atoms with Crippen LogP contribution in [0.15, 0.2) is 15.4 Å². The Labute approximate surface area is 142 Å². The number of sulfonamides is 1. The standard InChI is InChI=1S/C14H22N2O5S.ClH/c1-3-11-13(8-12(21-11)14(17)20-2)22(18,19)16-7-5-4-6-10(16)9-15;/h8,10H,3-7,9,15H2,1-2H3;1H. The smallest absolute Gasteiger partial charge is 0.373 e. The molecule has 9 heteroatoms. The minimum atomic E-state index is -3.74. The predicted molar refractivity (Wildman–Crippen MR) is 87.3 cm³/mol. The maximum Gasteiger partial charge on any atom is 0.373 e. The zero-order valence-electron chi connectivity index (χ0n) is 13.3. The number of hydrogen-bond donors (Lipinski definition) is 1. The lowest BCUT2D eigenvalue weighted by Gasteiger charge is -2.33. The van der Waals surface area contributed by atoms with Crippen molar-refractivity contribution in [3.8, 4) is 0 Å². The number of furan rings is 1. The summed E-state index contributed by atoms with van der Waals surface area (Å²) in [6.07, 6.45) is 2.89. The number of carbonyl (C=O) groups is 1. The largest absolute Gasteiger partial charge is 0.463 e. The fourth-order valence-electron chi connectivity index (χ4n) is 2.73. The van der Waals surface area contributed by atoms with E-state index in [-0.39, 0.29) is 41.4 Å². The Kier molecular flexibility index (Phi) is 7.06. The first-order valence-electron chi connectivity index (χ1n) is 7.38. The van der Waals surface area contributed by atoms with Gasteiger partial charge in [0.1, 0.15) is 10.7 Å². The van der Waals surface area contributed by atoms with E-state index in [0.29, 0.717) is 13.0 Å². The molecule has 0 aliphatic carbocycles. The average molecular weight is 367 g/mol. The summed E-state index contributed by atoms with van der Waals surface area (Å²) < 4.78 is 37.2. The van der Waals surface area contributed by atoms with Crippen molar-refractivity contribution in [3.63, 3.8) is 0 Å². The molecule has 2 N–H and O–H groups in total. The van der Waals surface area contributed by atoms with Gasteiger partial charge in [0.25, 0.3) is 0 Å². The van der Waals surface area contributed by atoms with E-state index >= 15 is 0 Å². The van der Waals surface area contributed by atoms with Gasteiger partial charge in [-0.2, -0.15) is 4.31 Å². The number of aryl methyl sites for hydroxylation is 1. The molecule has 0 spiro atoms. The molecular formula is C14H23ClN2O5S. The third kappa shape index (κ3) is 3.88. The minimum absolute atomic E-state index is 0. The Morgan fingerprint density at radius 1 is 1.48 bits per heavy atom. The lowest BCUT2D eigenvalue weighted by molar-refractivity contribution is 0.0563. The van der Waals surface area contributed by atoms with Crippen molar-refractivity contribution in [2.45, 2.75) is 43.5 Å². The fraction of sp³-hybridized carbons (Fsp3) is 0.643. The Hall–Kier alpha value is -1.09. The van der Waals surface area contributed by atoms with Crippen molar-refractivity contribution in [2.75, 3.05) is 20.2 Å². The van der Waals surface area contributed by atoms with Crippen LogP contribution in [0.25, 0.3) is 0 Å². The number of carbonyl (C=O) groups excluding carboxylic acids is 1. The second-order valence-electron chi connectivity index (χ2n) is 5.24. The highest BCUT2D eigenvalue weighted by Crippen LogP contribution is 2.29. The quantitative estimate of drug-likeness (QED) is 0.793. The van der Waals surface area contributed by atoms with E-state index in [1.54, 1.807) is 6.92 Å². The maximum absolute atomic E-state index is 12.9. The number of esters is 1. The van der Waals surface area contributed by atoms with Gasteiger partial charge in [-0.3, -0.25) is 0 Å². The van der Waals surface area contributed by atoms with Crippen LogP contribution in [0.2, 0.25) is 0 Å². The van der Waals surface area contributed by atoms with Gasteiger partial charge < -0.3 is 14.9 Å². The number of nitrogens with two attached hydrogens (primary N) is 1. The van der Waals surface area contributed by atoms with E-state index < -0.39 is 16.0 Å². The van der Waals surface area contributed by atoms with Gasteiger partial charge in [-0.05, 0) is 12.8 Å². The predicted octanol–water partition coefficient (Wildman–Crippen LogP) is 1.55. The van der Waals surface area contributed by atoms with E-state index in [0.717, 1.165) is 19.3 Å². The topological polar surface area (TPSA) is 103 Å². The Bertz CT molecular complexity index is 644. The van der Waals surface area contributed by atoms with Gasteiger partial charge in [0, 0.05) is 31.6 Å². The second-order valence-corrected chi connectivity index (χ2v) is 7.10. The van der Waals surface area contributed by atoms with Crippen LogP contribution in [-0.4, -0.2) is 44.9 Å².